The van der Waals surface area contributed by atoms with E-state index in [1.165, 1.54) is 0 Å². The Labute approximate surface area is 344 Å². The van der Waals surface area contributed by atoms with Gasteiger partial charge in [-0.15, -0.1) is 0 Å². The number of nitrogens with two attached hydrogens (primary N) is 1. The van der Waals surface area contributed by atoms with E-state index >= 15 is 0 Å². The van der Waals surface area contributed by atoms with Gasteiger partial charge in [0.1, 0.15) is 17.9 Å². The molecule has 0 aromatic heterocycles. The number of anilines is 2. The maximum absolute atomic E-state index is 14.3. The number of hydrogen-bond acceptors (Lipinski definition) is 9. The summed E-state index contributed by atoms with van der Waals surface area (Å²) in [6, 6.07) is 25.9. The molecule has 6 heterocycles. The monoisotopic (exact) mass is 821 g/mol. The highest BCUT2D eigenvalue weighted by molar-refractivity contribution is 7.88. The number of nitrogen functional groups attached to an aromatic ring is 1. The summed E-state index contributed by atoms with van der Waals surface area (Å²) in [5, 5.41) is 19.3. The number of nitrogens with zero attached hydrogens (tertiary/aromatic N) is 2. The van der Waals surface area contributed by atoms with Crippen molar-refractivity contribution >= 4 is 50.9 Å². The summed E-state index contributed by atoms with van der Waals surface area (Å²) in [4.78, 5) is 59.0. The van der Waals surface area contributed by atoms with Crippen molar-refractivity contribution in [2.45, 2.75) is 63.2 Å². The highest BCUT2D eigenvalue weighted by Gasteiger charge is 2.32. The Morgan fingerprint density at radius 2 is 1.22 bits per heavy atom. The van der Waals surface area contributed by atoms with Crippen LogP contribution in [0.1, 0.15) is 41.7 Å². The van der Waals surface area contributed by atoms with Crippen LogP contribution in [0.4, 0.5) is 11.4 Å². The van der Waals surface area contributed by atoms with Crippen molar-refractivity contribution in [3.05, 3.63) is 131 Å². The van der Waals surface area contributed by atoms with Crippen LogP contribution in [-0.4, -0.2) is 98.0 Å². The Morgan fingerprint density at radius 1 is 0.712 bits per heavy atom. The molecular weight excluding hydrogens is 771 g/mol. The summed E-state index contributed by atoms with van der Waals surface area (Å²) in [6.07, 6.45) is -0.00945. The lowest BCUT2D eigenvalue weighted by Crippen LogP contribution is -2.56. The van der Waals surface area contributed by atoms with E-state index in [-0.39, 0.29) is 42.8 Å². The summed E-state index contributed by atoms with van der Waals surface area (Å²) in [5.74, 6) is -2.07. The number of hydrogen-bond donors (Lipinski definition) is 7. The number of carbonyl (C=O) groups excluding carboxylic acids is 4. The third-order valence-electron chi connectivity index (χ3n) is 10.7. The SMILES string of the molecule is CC1C(=O)Nc2ccc(cc2)C[C@@H](C(=O)NCc2ccc(C(=N)N)cc2)NC(=O)[C@H](NS(=O)(=O)Cc2ccccc2)Cc2ccc(cc2)NC(=O)C(C)N2CCN1CC2. The zero-order valence-corrected chi connectivity index (χ0v) is 33.9. The van der Waals surface area contributed by atoms with Gasteiger partial charge in [-0.05, 0) is 66.8 Å². The van der Waals surface area contributed by atoms with Gasteiger partial charge in [-0.3, -0.25) is 34.4 Å². The molecule has 4 atom stereocenters. The second-order valence-corrected chi connectivity index (χ2v) is 16.8. The fraction of sp³-hybridized carbons (Fsp3) is 0.326. The van der Waals surface area contributed by atoms with E-state index in [4.69, 9.17) is 11.1 Å². The van der Waals surface area contributed by atoms with Crippen LogP contribution in [0.25, 0.3) is 0 Å². The Balaban J connectivity index is 1.30. The zero-order valence-electron chi connectivity index (χ0n) is 33.1. The summed E-state index contributed by atoms with van der Waals surface area (Å²) < 4.78 is 29.7. The number of nitrogens with one attached hydrogen (secondary N) is 6. The van der Waals surface area contributed by atoms with Crippen LogP contribution >= 0.6 is 0 Å². The lowest BCUT2D eigenvalue weighted by atomic mass is 10.0. The molecule has 0 radical (unpaired) electrons. The van der Waals surface area contributed by atoms with Gasteiger partial charge in [-0.1, -0.05) is 78.9 Å². The molecule has 59 heavy (non-hydrogen) atoms. The number of rotatable bonds is 8. The quantitative estimate of drug-likeness (QED) is 0.102. The minimum atomic E-state index is -4.06. The first-order chi connectivity index (χ1) is 28.2. The van der Waals surface area contributed by atoms with Gasteiger partial charge >= 0.3 is 0 Å². The Kier molecular flexibility index (Phi) is 13.9. The lowest BCUT2D eigenvalue weighted by molar-refractivity contribution is -0.129. The Hall–Kier alpha value is -5.94. The average Bonchev–Trinajstić information content (AvgIpc) is 3.23. The Morgan fingerprint density at radius 3 is 1.73 bits per heavy atom. The molecule has 10 rings (SSSR count). The average molecular weight is 822 g/mol. The molecule has 16 heteroatoms. The van der Waals surface area contributed by atoms with E-state index < -0.39 is 46.0 Å². The van der Waals surface area contributed by atoms with Crippen LogP contribution in [0.15, 0.2) is 103 Å². The summed E-state index contributed by atoms with van der Waals surface area (Å²) in [7, 11) is -4.06. The minimum Gasteiger partial charge on any atom is -0.384 e. The molecule has 1 saturated heterocycles. The van der Waals surface area contributed by atoms with E-state index in [2.05, 4.69) is 35.8 Å². The van der Waals surface area contributed by atoms with Crippen LogP contribution in [0.3, 0.4) is 0 Å². The number of sulfonamides is 1. The maximum Gasteiger partial charge on any atom is 0.243 e. The van der Waals surface area contributed by atoms with Crippen molar-refractivity contribution < 1.29 is 27.6 Å². The van der Waals surface area contributed by atoms with E-state index in [9.17, 15) is 27.6 Å². The predicted octanol–water partition coefficient (Wildman–Crippen LogP) is 2.33. The highest BCUT2D eigenvalue weighted by Crippen LogP contribution is 2.18. The first-order valence-electron chi connectivity index (χ1n) is 19.6. The summed E-state index contributed by atoms with van der Waals surface area (Å²) in [5.41, 5.74) is 9.78. The predicted molar refractivity (Wildman–Crippen MR) is 227 cm³/mol. The van der Waals surface area contributed by atoms with Crippen LogP contribution in [-0.2, 0) is 54.3 Å². The molecule has 8 N–H and O–H groups in total. The van der Waals surface area contributed by atoms with Gasteiger partial charge in [0.05, 0.1) is 17.8 Å². The van der Waals surface area contributed by atoms with Gasteiger partial charge < -0.3 is 27.0 Å². The molecule has 6 bridgehead atoms. The first-order valence-corrected chi connectivity index (χ1v) is 21.2. The van der Waals surface area contributed by atoms with E-state index in [1.807, 2.05) is 13.8 Å². The van der Waals surface area contributed by atoms with Gasteiger partial charge in [0.25, 0.3) is 0 Å². The summed E-state index contributed by atoms with van der Waals surface area (Å²) in [6.45, 7) is 6.21. The van der Waals surface area contributed by atoms with Crippen molar-refractivity contribution in [2.75, 3.05) is 36.8 Å². The van der Waals surface area contributed by atoms with Crippen LogP contribution in [0, 0.1) is 5.41 Å². The van der Waals surface area contributed by atoms with Crippen molar-refractivity contribution in [1.29, 1.82) is 5.41 Å². The third-order valence-corrected chi connectivity index (χ3v) is 12.1. The minimum absolute atomic E-state index is 0.0477. The Bertz CT molecular complexity index is 2230. The smallest absolute Gasteiger partial charge is 0.243 e. The molecule has 2 unspecified atom stereocenters. The second kappa shape index (κ2) is 19.2. The van der Waals surface area contributed by atoms with Crippen molar-refractivity contribution in [1.82, 2.24) is 25.2 Å². The van der Waals surface area contributed by atoms with Gasteiger partial charge in [-0.25, -0.2) is 13.1 Å². The topological polar surface area (TPSA) is 219 Å². The van der Waals surface area contributed by atoms with Crippen molar-refractivity contribution in [3.63, 3.8) is 0 Å². The molecule has 6 aliphatic rings. The number of amidine groups is 1. The fourth-order valence-electron chi connectivity index (χ4n) is 7.09. The van der Waals surface area contributed by atoms with Crippen molar-refractivity contribution in [2.24, 2.45) is 5.73 Å². The number of fused-ring (bicyclic) bond motifs is 1. The molecule has 15 nitrogen and oxygen atoms in total. The molecule has 1 fully saturated rings. The van der Waals surface area contributed by atoms with Crippen molar-refractivity contribution in [3.8, 4) is 0 Å². The lowest BCUT2D eigenvalue weighted by Gasteiger charge is -2.39. The van der Waals surface area contributed by atoms with Crippen LogP contribution in [0.2, 0.25) is 0 Å². The molecular formula is C43H51N9O6S. The number of piperazine rings is 1. The van der Waals surface area contributed by atoms with E-state index in [1.54, 1.807) is 103 Å². The zero-order chi connectivity index (χ0) is 42.1. The van der Waals surface area contributed by atoms with Crippen LogP contribution < -0.4 is 31.7 Å². The highest BCUT2D eigenvalue weighted by atomic mass is 32.2. The molecule has 0 spiro atoms. The van der Waals surface area contributed by atoms with Crippen LogP contribution in [0.5, 0.6) is 0 Å². The molecule has 4 aromatic rings. The number of carbonyl (C=O) groups is 4. The fourth-order valence-corrected chi connectivity index (χ4v) is 8.43. The van der Waals surface area contributed by atoms with E-state index in [0.717, 1.165) is 5.56 Å². The summed E-state index contributed by atoms with van der Waals surface area (Å²) >= 11 is 0. The van der Waals surface area contributed by atoms with Gasteiger partial charge in [-0.2, -0.15) is 0 Å². The molecule has 0 saturated carbocycles. The largest absolute Gasteiger partial charge is 0.384 e. The van der Waals surface area contributed by atoms with E-state index in [0.29, 0.717) is 59.8 Å². The van der Waals surface area contributed by atoms with Gasteiger partial charge in [0, 0.05) is 56.1 Å². The molecule has 4 amide bonds. The number of amides is 4. The van der Waals surface area contributed by atoms with Gasteiger partial charge in [0.15, 0.2) is 0 Å². The number of benzene rings is 4. The third kappa shape index (κ3) is 11.8. The molecule has 310 valence electrons. The second-order valence-electron chi connectivity index (χ2n) is 15.0. The standard InChI is InChI=1S/C43H51N9O6S/c1-28-40(53)47-35-16-10-30(11-17-35)24-37(42(55)46-26-32-8-14-34(15-9-32)39(44)45)49-43(56)38(50-59(57,58)27-33-6-4-3-5-7-33)25-31-12-18-36(19-13-31)48-41(54)29(2)52-22-20-51(28)21-23-52/h3-19,28-29,37-38,50H,20-27H2,1-2H3,(H3,44,45)(H,46,55)(H,47,53)(H,48,54)(H,49,56)/t28?,29?,37-,38+/m0/s1. The first kappa shape index (κ1) is 42.7. The molecule has 4 aromatic carbocycles. The normalized spacial score (nSPS) is 23.1. The maximum atomic E-state index is 14.3. The molecule has 0 aliphatic carbocycles. The molecule has 6 aliphatic heterocycles. The van der Waals surface area contributed by atoms with Gasteiger partial charge in [0.2, 0.25) is 33.7 Å².